The molecule has 0 heterocycles. The van der Waals surface area contributed by atoms with E-state index in [-0.39, 0.29) is 0 Å². The molecule has 0 fully saturated rings. The van der Waals surface area contributed by atoms with Gasteiger partial charge < -0.3 is 0 Å². The minimum atomic E-state index is 0.630. The van der Waals surface area contributed by atoms with Gasteiger partial charge >= 0.3 is 0 Å². The minimum Gasteiger partial charge on any atom is -0.192 e. The summed E-state index contributed by atoms with van der Waals surface area (Å²) in [7, 11) is 0. The summed E-state index contributed by atoms with van der Waals surface area (Å²) in [6.45, 7) is 2.01. The second-order valence-electron chi connectivity index (χ2n) is 2.43. The van der Waals surface area contributed by atoms with Crippen molar-refractivity contribution < 1.29 is 0 Å². The minimum absolute atomic E-state index is 0.630. The van der Waals surface area contributed by atoms with E-state index in [1.807, 2.05) is 25.1 Å². The number of nitriles is 1. The fourth-order valence-corrected chi connectivity index (χ4v) is 1.22. The molecule has 11 heavy (non-hydrogen) atoms. The molecule has 1 aromatic carbocycles. The predicted molar refractivity (Wildman–Crippen MR) is 48.6 cm³/mol. The molecule has 0 aliphatic carbocycles. The number of rotatable bonds is 1. The molecule has 0 aliphatic rings. The lowest BCUT2D eigenvalue weighted by Crippen LogP contribution is -1.86. The van der Waals surface area contributed by atoms with Crippen molar-refractivity contribution in [2.45, 2.75) is 12.7 Å². The number of aryl methyl sites for hydroxylation is 1. The van der Waals surface area contributed by atoms with Gasteiger partial charge in [-0.2, -0.15) is 17.9 Å². The molecular weight excluding hydrogens is 154 g/mol. The van der Waals surface area contributed by atoms with Crippen LogP contribution in [0.15, 0.2) is 18.2 Å². The molecule has 0 unspecified atom stereocenters. The Kier molecular flexibility index (Phi) is 2.56. The summed E-state index contributed by atoms with van der Waals surface area (Å²) in [5.74, 6) is 0.630. The van der Waals surface area contributed by atoms with Gasteiger partial charge in [-0.1, -0.05) is 17.7 Å². The largest absolute Gasteiger partial charge is 0.192 e. The van der Waals surface area contributed by atoms with E-state index in [0.29, 0.717) is 5.75 Å². The Morgan fingerprint density at radius 2 is 2.27 bits per heavy atom. The lowest BCUT2D eigenvalue weighted by atomic mass is 10.1. The van der Waals surface area contributed by atoms with E-state index in [1.54, 1.807) is 0 Å². The average Bonchev–Trinajstić information content (AvgIpc) is 2.04. The van der Waals surface area contributed by atoms with Crippen molar-refractivity contribution in [3.63, 3.8) is 0 Å². The van der Waals surface area contributed by atoms with Crippen LogP contribution in [0.5, 0.6) is 0 Å². The van der Waals surface area contributed by atoms with Gasteiger partial charge in [0.25, 0.3) is 0 Å². The van der Waals surface area contributed by atoms with E-state index in [0.717, 1.165) is 11.1 Å². The van der Waals surface area contributed by atoms with Crippen molar-refractivity contribution in [1.29, 1.82) is 5.26 Å². The third kappa shape index (κ3) is 1.75. The predicted octanol–water partition coefficient (Wildman–Crippen LogP) is 2.30. The van der Waals surface area contributed by atoms with Gasteiger partial charge in [-0.05, 0) is 18.6 Å². The van der Waals surface area contributed by atoms with E-state index in [9.17, 15) is 0 Å². The van der Waals surface area contributed by atoms with Gasteiger partial charge in [0.05, 0.1) is 11.6 Å². The standard InChI is InChI=1S/C9H9NS/c1-7-2-3-8(5-10)9(4-7)6-11/h2-4,11H,6H2,1H3. The Morgan fingerprint density at radius 1 is 1.55 bits per heavy atom. The molecule has 1 nitrogen and oxygen atoms in total. The molecule has 1 aromatic rings. The Morgan fingerprint density at radius 3 is 2.82 bits per heavy atom. The topological polar surface area (TPSA) is 23.8 Å². The molecule has 0 aliphatic heterocycles. The summed E-state index contributed by atoms with van der Waals surface area (Å²) in [5, 5.41) is 8.66. The normalized spacial score (nSPS) is 9.18. The highest BCUT2D eigenvalue weighted by Gasteiger charge is 1.98. The second-order valence-corrected chi connectivity index (χ2v) is 2.75. The third-order valence-electron chi connectivity index (χ3n) is 1.55. The summed E-state index contributed by atoms with van der Waals surface area (Å²) < 4.78 is 0. The molecule has 2 heteroatoms. The highest BCUT2D eigenvalue weighted by Crippen LogP contribution is 2.12. The maximum absolute atomic E-state index is 8.66. The highest BCUT2D eigenvalue weighted by molar-refractivity contribution is 7.79. The van der Waals surface area contributed by atoms with Crippen LogP contribution in [-0.4, -0.2) is 0 Å². The first kappa shape index (κ1) is 8.16. The van der Waals surface area contributed by atoms with Crippen LogP contribution in [0.4, 0.5) is 0 Å². The number of benzene rings is 1. The van der Waals surface area contributed by atoms with Crippen LogP contribution in [0.3, 0.4) is 0 Å². The Balaban J connectivity index is 3.19. The van der Waals surface area contributed by atoms with Crippen LogP contribution >= 0.6 is 12.6 Å². The Hall–Kier alpha value is -0.940. The van der Waals surface area contributed by atoms with Crippen molar-refractivity contribution in [1.82, 2.24) is 0 Å². The molecule has 0 spiro atoms. The molecule has 0 N–H and O–H groups in total. The summed E-state index contributed by atoms with van der Waals surface area (Å²) in [4.78, 5) is 0. The van der Waals surface area contributed by atoms with E-state index in [4.69, 9.17) is 5.26 Å². The van der Waals surface area contributed by atoms with E-state index >= 15 is 0 Å². The molecule has 0 bridgehead atoms. The van der Waals surface area contributed by atoms with Crippen molar-refractivity contribution >= 4 is 12.6 Å². The van der Waals surface area contributed by atoms with Crippen molar-refractivity contribution in [3.8, 4) is 6.07 Å². The van der Waals surface area contributed by atoms with Crippen LogP contribution in [0.1, 0.15) is 16.7 Å². The Bertz CT molecular complexity index is 299. The zero-order valence-corrected chi connectivity index (χ0v) is 7.23. The SMILES string of the molecule is Cc1ccc(C#N)c(CS)c1. The molecule has 0 saturated heterocycles. The van der Waals surface area contributed by atoms with Gasteiger partial charge in [0.2, 0.25) is 0 Å². The summed E-state index contributed by atoms with van der Waals surface area (Å²) in [6, 6.07) is 7.89. The molecule has 1 rings (SSSR count). The molecule has 0 amide bonds. The fraction of sp³-hybridized carbons (Fsp3) is 0.222. The van der Waals surface area contributed by atoms with E-state index < -0.39 is 0 Å². The van der Waals surface area contributed by atoms with Gasteiger partial charge in [-0.15, -0.1) is 0 Å². The molecule has 0 aromatic heterocycles. The lowest BCUT2D eigenvalue weighted by molar-refractivity contribution is 1.32. The third-order valence-corrected chi connectivity index (χ3v) is 1.89. The number of hydrogen-bond donors (Lipinski definition) is 1. The van der Waals surface area contributed by atoms with Crippen LogP contribution in [-0.2, 0) is 5.75 Å². The van der Waals surface area contributed by atoms with Crippen molar-refractivity contribution in [3.05, 3.63) is 34.9 Å². The zero-order chi connectivity index (χ0) is 8.27. The van der Waals surface area contributed by atoms with Gasteiger partial charge in [-0.25, -0.2) is 0 Å². The van der Waals surface area contributed by atoms with Crippen molar-refractivity contribution in [2.75, 3.05) is 0 Å². The van der Waals surface area contributed by atoms with Gasteiger partial charge in [-0.3, -0.25) is 0 Å². The zero-order valence-electron chi connectivity index (χ0n) is 6.33. The molecular formula is C9H9NS. The molecule has 0 radical (unpaired) electrons. The lowest BCUT2D eigenvalue weighted by Gasteiger charge is -1.99. The average molecular weight is 163 g/mol. The number of thiol groups is 1. The number of hydrogen-bond acceptors (Lipinski definition) is 2. The quantitative estimate of drug-likeness (QED) is 0.631. The molecule has 0 atom stereocenters. The first-order chi connectivity index (χ1) is 5.27. The maximum Gasteiger partial charge on any atom is 0.0994 e. The van der Waals surface area contributed by atoms with Crippen LogP contribution in [0, 0.1) is 18.3 Å². The number of nitrogens with zero attached hydrogens (tertiary/aromatic N) is 1. The van der Waals surface area contributed by atoms with Crippen LogP contribution < -0.4 is 0 Å². The highest BCUT2D eigenvalue weighted by atomic mass is 32.1. The fourth-order valence-electron chi connectivity index (χ4n) is 0.962. The monoisotopic (exact) mass is 163 g/mol. The first-order valence-corrected chi connectivity index (χ1v) is 4.01. The molecule has 0 saturated carbocycles. The van der Waals surface area contributed by atoms with E-state index in [2.05, 4.69) is 18.7 Å². The summed E-state index contributed by atoms with van der Waals surface area (Å²) >= 11 is 4.13. The van der Waals surface area contributed by atoms with Gasteiger partial charge in [0.1, 0.15) is 0 Å². The second kappa shape index (κ2) is 3.45. The van der Waals surface area contributed by atoms with Gasteiger partial charge in [0, 0.05) is 5.75 Å². The summed E-state index contributed by atoms with van der Waals surface area (Å²) in [6.07, 6.45) is 0. The van der Waals surface area contributed by atoms with Crippen LogP contribution in [0.25, 0.3) is 0 Å². The summed E-state index contributed by atoms with van der Waals surface area (Å²) in [5.41, 5.74) is 2.91. The van der Waals surface area contributed by atoms with Crippen LogP contribution in [0.2, 0.25) is 0 Å². The smallest absolute Gasteiger partial charge is 0.0994 e. The Labute approximate surface area is 72.1 Å². The van der Waals surface area contributed by atoms with Crippen molar-refractivity contribution in [2.24, 2.45) is 0 Å². The maximum atomic E-state index is 8.66. The van der Waals surface area contributed by atoms with Gasteiger partial charge in [0.15, 0.2) is 0 Å². The first-order valence-electron chi connectivity index (χ1n) is 3.38. The van der Waals surface area contributed by atoms with E-state index in [1.165, 1.54) is 5.56 Å². The molecule has 56 valence electrons.